The number of carbonyl (C=O) groups excluding carboxylic acids is 3. The fraction of sp³-hybridized carbons (Fsp3) is 0.393. The molecule has 0 saturated heterocycles. The van der Waals surface area contributed by atoms with Crippen LogP contribution in [0.2, 0.25) is 0 Å². The van der Waals surface area contributed by atoms with Gasteiger partial charge in [-0.1, -0.05) is 12.1 Å². The summed E-state index contributed by atoms with van der Waals surface area (Å²) in [4.78, 5) is 59.1. The number of methoxy groups -OCH3 is 1. The normalized spacial score (nSPS) is 13.7. The zero-order valence-corrected chi connectivity index (χ0v) is 22.8. The molecule has 212 valence electrons. The molecule has 1 aliphatic carbocycles. The summed E-state index contributed by atoms with van der Waals surface area (Å²) in [7, 11) is 4.45. The summed E-state index contributed by atoms with van der Waals surface area (Å²) >= 11 is 0. The Morgan fingerprint density at radius 1 is 1.23 bits per heavy atom. The Labute approximate surface area is 231 Å². The van der Waals surface area contributed by atoms with E-state index in [4.69, 9.17) is 4.74 Å². The van der Waals surface area contributed by atoms with Crippen LogP contribution in [0, 0.1) is 5.92 Å². The van der Waals surface area contributed by atoms with E-state index in [2.05, 4.69) is 25.3 Å². The van der Waals surface area contributed by atoms with Crippen LogP contribution in [0.1, 0.15) is 31.5 Å². The van der Waals surface area contributed by atoms with Crippen LogP contribution >= 0.6 is 0 Å². The van der Waals surface area contributed by atoms with Crippen LogP contribution in [0.3, 0.4) is 0 Å². The summed E-state index contributed by atoms with van der Waals surface area (Å²) in [6, 6.07) is 7.78. The summed E-state index contributed by atoms with van der Waals surface area (Å²) in [6.45, 7) is 0.818. The number of pyridine rings is 1. The van der Waals surface area contributed by atoms with Gasteiger partial charge in [-0.05, 0) is 61.9 Å². The van der Waals surface area contributed by atoms with Crippen molar-refractivity contribution in [2.45, 2.75) is 38.3 Å². The smallest absolute Gasteiger partial charge is 0.407 e. The molecule has 2 aromatic heterocycles. The van der Waals surface area contributed by atoms with Gasteiger partial charge in [0, 0.05) is 20.3 Å². The molecule has 0 bridgehead atoms. The van der Waals surface area contributed by atoms with E-state index in [0.29, 0.717) is 24.8 Å². The number of nitrogens with one attached hydrogen (secondary N) is 3. The molecule has 3 amide bonds. The number of ether oxygens (including phenoxy) is 2. The van der Waals surface area contributed by atoms with Crippen molar-refractivity contribution in [2.75, 3.05) is 33.1 Å². The van der Waals surface area contributed by atoms with Crippen LogP contribution in [-0.2, 0) is 20.9 Å². The summed E-state index contributed by atoms with van der Waals surface area (Å²) in [5.74, 6) is 1.11. The van der Waals surface area contributed by atoms with Crippen LogP contribution in [0.15, 0.2) is 53.5 Å². The first-order valence-corrected chi connectivity index (χ1v) is 13.1. The molecule has 1 unspecified atom stereocenters. The number of aromatic amines is 1. The van der Waals surface area contributed by atoms with Gasteiger partial charge in [0.15, 0.2) is 0 Å². The molecule has 4 rings (SSSR count). The first-order chi connectivity index (χ1) is 19.2. The number of hydrogen-bond acceptors (Lipinski definition) is 7. The van der Waals surface area contributed by atoms with Gasteiger partial charge in [-0.2, -0.15) is 0 Å². The molecule has 2 heterocycles. The minimum atomic E-state index is -0.996. The predicted molar refractivity (Wildman–Crippen MR) is 149 cm³/mol. The van der Waals surface area contributed by atoms with Gasteiger partial charge in [0.25, 0.3) is 5.56 Å². The first-order valence-electron chi connectivity index (χ1n) is 13.1. The molecule has 1 atom stereocenters. The molecule has 0 aliphatic heterocycles. The van der Waals surface area contributed by atoms with Gasteiger partial charge in [-0.3, -0.25) is 14.4 Å². The second-order valence-electron chi connectivity index (χ2n) is 9.83. The third-order valence-corrected chi connectivity index (χ3v) is 6.42. The number of benzene rings is 1. The van der Waals surface area contributed by atoms with E-state index in [9.17, 15) is 19.2 Å². The van der Waals surface area contributed by atoms with Crippen LogP contribution in [0.5, 0.6) is 5.75 Å². The number of amides is 3. The summed E-state index contributed by atoms with van der Waals surface area (Å²) < 4.78 is 12.0. The monoisotopic (exact) mass is 550 g/mol. The molecule has 1 saturated carbocycles. The van der Waals surface area contributed by atoms with E-state index in [1.807, 2.05) is 18.2 Å². The molecule has 3 aromatic rings. The van der Waals surface area contributed by atoms with Crippen molar-refractivity contribution >= 4 is 34.6 Å². The van der Waals surface area contributed by atoms with Crippen LogP contribution < -0.4 is 20.9 Å². The Bertz CT molecular complexity index is 1450. The van der Waals surface area contributed by atoms with Crippen LogP contribution in [0.4, 0.5) is 10.5 Å². The number of para-hydroxylation sites is 1. The van der Waals surface area contributed by atoms with Gasteiger partial charge < -0.3 is 34.6 Å². The minimum Gasteiger partial charge on any atom is -0.491 e. The molecular formula is C28H34N6O6. The van der Waals surface area contributed by atoms with Gasteiger partial charge in [0.05, 0.1) is 25.8 Å². The fourth-order valence-corrected chi connectivity index (χ4v) is 3.95. The number of imidazole rings is 1. The predicted octanol–water partition coefficient (Wildman–Crippen LogP) is 2.65. The summed E-state index contributed by atoms with van der Waals surface area (Å²) in [6.07, 6.45) is 6.72. The van der Waals surface area contributed by atoms with Crippen molar-refractivity contribution in [3.8, 4) is 5.75 Å². The standard InChI is InChI=1S/C28H34N6O6/c1-33(2)24(35)12-5-4-8-20(31-28(38)39-3)26(36)30-21-10-7-15-34(27(21)37)16-23-29-19-9-6-11-22(25(19)32-23)40-17-18-13-14-18/h5-7,9-12,15,18,20H,4,8,13-14,16-17H2,1-3H3,(H,29,32)(H,30,36)(H,31,38). The molecule has 1 aromatic carbocycles. The Kier molecular flexibility index (Phi) is 9.20. The molecule has 12 heteroatoms. The lowest BCUT2D eigenvalue weighted by Gasteiger charge is -2.17. The second kappa shape index (κ2) is 13.0. The Hall–Kier alpha value is -4.61. The first kappa shape index (κ1) is 28.4. The highest BCUT2D eigenvalue weighted by atomic mass is 16.5. The number of carbonyl (C=O) groups is 3. The van der Waals surface area contributed by atoms with Gasteiger partial charge in [-0.15, -0.1) is 0 Å². The molecule has 1 aliphatic rings. The van der Waals surface area contributed by atoms with E-state index in [0.717, 1.165) is 16.8 Å². The highest BCUT2D eigenvalue weighted by Crippen LogP contribution is 2.31. The number of anilines is 1. The number of rotatable bonds is 12. The van der Waals surface area contributed by atoms with Crippen molar-refractivity contribution < 1.29 is 23.9 Å². The number of alkyl carbamates (subject to hydrolysis) is 1. The van der Waals surface area contributed by atoms with E-state index in [-0.39, 0.29) is 24.6 Å². The van der Waals surface area contributed by atoms with Crippen molar-refractivity contribution in [3.63, 3.8) is 0 Å². The molecule has 0 radical (unpaired) electrons. The highest BCUT2D eigenvalue weighted by Gasteiger charge is 2.23. The van der Waals surface area contributed by atoms with Gasteiger partial charge in [0.2, 0.25) is 11.8 Å². The van der Waals surface area contributed by atoms with Crippen molar-refractivity contribution in [1.29, 1.82) is 0 Å². The topological polar surface area (TPSA) is 148 Å². The highest BCUT2D eigenvalue weighted by molar-refractivity contribution is 5.96. The number of aromatic nitrogens is 3. The molecule has 1 fully saturated rings. The zero-order valence-electron chi connectivity index (χ0n) is 22.8. The Balaban J connectivity index is 1.45. The average Bonchev–Trinajstić information content (AvgIpc) is 3.67. The molecule has 12 nitrogen and oxygen atoms in total. The quantitative estimate of drug-likeness (QED) is 0.294. The molecule has 40 heavy (non-hydrogen) atoms. The minimum absolute atomic E-state index is 0.0482. The van der Waals surface area contributed by atoms with E-state index < -0.39 is 23.6 Å². The maximum absolute atomic E-state index is 13.2. The number of fused-ring (bicyclic) bond motifs is 1. The number of nitrogens with zero attached hydrogens (tertiary/aromatic N) is 3. The van der Waals surface area contributed by atoms with Crippen molar-refractivity contribution in [3.05, 3.63) is 64.9 Å². The second-order valence-corrected chi connectivity index (χ2v) is 9.83. The van der Waals surface area contributed by atoms with Crippen molar-refractivity contribution in [1.82, 2.24) is 24.8 Å². The zero-order chi connectivity index (χ0) is 28.6. The fourth-order valence-electron chi connectivity index (χ4n) is 3.95. The SMILES string of the molecule is COC(=O)NC(CCC=CC(=O)N(C)C)C(=O)Nc1cccn(Cc2nc3cccc(OCC4CC4)c3[nH]2)c1=O. The largest absolute Gasteiger partial charge is 0.491 e. The molecular weight excluding hydrogens is 516 g/mol. The Morgan fingerprint density at radius 3 is 2.75 bits per heavy atom. The molecule has 3 N–H and O–H groups in total. The maximum Gasteiger partial charge on any atom is 0.407 e. The number of H-pyrrole nitrogens is 1. The lowest BCUT2D eigenvalue weighted by Crippen LogP contribution is -2.44. The third kappa shape index (κ3) is 7.49. The number of hydrogen-bond donors (Lipinski definition) is 3. The van der Waals surface area contributed by atoms with E-state index in [1.54, 1.807) is 32.4 Å². The number of allylic oxidation sites excluding steroid dienone is 1. The number of likely N-dealkylation sites (N-methyl/N-ethyl adjacent to an activating group) is 1. The molecule has 0 spiro atoms. The van der Waals surface area contributed by atoms with Crippen molar-refractivity contribution in [2.24, 2.45) is 5.92 Å². The maximum atomic E-state index is 13.2. The van der Waals surface area contributed by atoms with Gasteiger partial charge >= 0.3 is 6.09 Å². The van der Waals surface area contributed by atoms with Gasteiger partial charge in [-0.25, -0.2) is 9.78 Å². The van der Waals surface area contributed by atoms with E-state index >= 15 is 0 Å². The van der Waals surface area contributed by atoms with Crippen LogP contribution in [0.25, 0.3) is 11.0 Å². The van der Waals surface area contributed by atoms with Gasteiger partial charge in [0.1, 0.15) is 28.8 Å². The average molecular weight is 551 g/mol. The lowest BCUT2D eigenvalue weighted by atomic mass is 10.1. The summed E-state index contributed by atoms with van der Waals surface area (Å²) in [5.41, 5.74) is 1.12. The Morgan fingerprint density at radius 2 is 2.02 bits per heavy atom. The van der Waals surface area contributed by atoms with E-state index in [1.165, 1.54) is 41.6 Å². The third-order valence-electron chi connectivity index (χ3n) is 6.42. The summed E-state index contributed by atoms with van der Waals surface area (Å²) in [5, 5.41) is 5.08. The lowest BCUT2D eigenvalue weighted by molar-refractivity contribution is -0.123. The van der Waals surface area contributed by atoms with Crippen LogP contribution in [-0.4, -0.2) is 71.2 Å².